The second-order valence-corrected chi connectivity index (χ2v) is 11.7. The third-order valence-corrected chi connectivity index (χ3v) is 8.24. The number of unbranched alkanes of at least 4 members (excludes halogenated alkanes) is 1. The van der Waals surface area contributed by atoms with Gasteiger partial charge in [0.15, 0.2) is 0 Å². The molecule has 5 rings (SSSR count). The molecule has 0 aliphatic carbocycles. The molecule has 43 heavy (non-hydrogen) atoms. The van der Waals surface area contributed by atoms with E-state index in [-0.39, 0.29) is 27.8 Å². The van der Waals surface area contributed by atoms with Gasteiger partial charge in [-0.15, -0.1) is 0 Å². The van der Waals surface area contributed by atoms with E-state index in [0.717, 1.165) is 51.5 Å². The van der Waals surface area contributed by atoms with E-state index >= 15 is 0 Å². The van der Waals surface area contributed by atoms with E-state index in [0.29, 0.717) is 11.6 Å². The van der Waals surface area contributed by atoms with Gasteiger partial charge in [-0.2, -0.15) is 0 Å². The lowest BCUT2D eigenvalue weighted by Crippen LogP contribution is -2.36. The van der Waals surface area contributed by atoms with Crippen LogP contribution in [0, 0.1) is 0 Å². The van der Waals surface area contributed by atoms with Gasteiger partial charge in [0, 0.05) is 39.9 Å². The van der Waals surface area contributed by atoms with Crippen LogP contribution in [0.4, 0.5) is 10.5 Å². The Balaban J connectivity index is 1.30. The molecule has 8 nitrogen and oxygen atoms in total. The molecule has 3 aromatic carbocycles. The lowest BCUT2D eigenvalue weighted by molar-refractivity contribution is -0.127. The van der Waals surface area contributed by atoms with Crippen molar-refractivity contribution in [2.24, 2.45) is 0 Å². The Morgan fingerprint density at radius 3 is 2.56 bits per heavy atom. The number of imide groups is 1. The number of fused-ring (bicyclic) bond motifs is 1. The average molecular weight is 637 g/mol. The molecular formula is C32H27Cl2N3O5S. The number of ether oxygens (including phenoxy) is 1. The first kappa shape index (κ1) is 30.4. The number of para-hydroxylation sites is 1. The van der Waals surface area contributed by atoms with E-state index in [1.807, 2.05) is 61.7 Å². The van der Waals surface area contributed by atoms with E-state index in [1.54, 1.807) is 6.08 Å². The number of esters is 1. The molecular weight excluding hydrogens is 609 g/mol. The Labute approximate surface area is 262 Å². The van der Waals surface area contributed by atoms with Crippen LogP contribution in [0.25, 0.3) is 17.0 Å². The van der Waals surface area contributed by atoms with E-state index in [4.69, 9.17) is 27.9 Å². The number of nitrogens with one attached hydrogen (secondary N) is 1. The molecule has 11 heteroatoms. The molecule has 1 saturated heterocycles. The molecule has 0 spiro atoms. The summed E-state index contributed by atoms with van der Waals surface area (Å²) >= 11 is 13.0. The Hall–Kier alpha value is -4.05. The maximum atomic E-state index is 13.2. The number of aromatic nitrogens is 1. The summed E-state index contributed by atoms with van der Waals surface area (Å²) in [6, 6.07) is 19.8. The second-order valence-electron chi connectivity index (χ2n) is 9.86. The minimum absolute atomic E-state index is 0.111. The van der Waals surface area contributed by atoms with Crippen LogP contribution >= 0.6 is 35.0 Å². The predicted molar refractivity (Wildman–Crippen MR) is 170 cm³/mol. The number of rotatable bonds is 10. The van der Waals surface area contributed by atoms with Gasteiger partial charge < -0.3 is 14.6 Å². The first-order valence-corrected chi connectivity index (χ1v) is 15.1. The summed E-state index contributed by atoms with van der Waals surface area (Å²) in [5.74, 6) is -1.76. The summed E-state index contributed by atoms with van der Waals surface area (Å²) in [7, 11) is 0. The third kappa shape index (κ3) is 7.13. The first-order chi connectivity index (χ1) is 20.7. The van der Waals surface area contributed by atoms with Gasteiger partial charge in [0.05, 0.1) is 22.1 Å². The van der Waals surface area contributed by atoms with E-state index in [1.165, 1.54) is 18.2 Å². The average Bonchev–Trinajstić information content (AvgIpc) is 3.46. The van der Waals surface area contributed by atoms with Crippen LogP contribution in [0.15, 0.2) is 77.8 Å². The van der Waals surface area contributed by atoms with Crippen molar-refractivity contribution >= 4 is 80.7 Å². The topological polar surface area (TPSA) is 97.7 Å². The highest BCUT2D eigenvalue weighted by Gasteiger charge is 2.36. The van der Waals surface area contributed by atoms with Crippen LogP contribution in [0.3, 0.4) is 0 Å². The van der Waals surface area contributed by atoms with Crippen LogP contribution in [-0.2, 0) is 20.9 Å². The number of nitrogens with zero attached hydrogens (tertiary/aromatic N) is 2. The molecule has 1 aromatic heterocycles. The van der Waals surface area contributed by atoms with Gasteiger partial charge >= 0.3 is 5.97 Å². The minimum atomic E-state index is -0.601. The van der Waals surface area contributed by atoms with Crippen molar-refractivity contribution in [1.82, 2.24) is 9.47 Å². The molecule has 1 fully saturated rings. The Kier molecular flexibility index (Phi) is 9.55. The van der Waals surface area contributed by atoms with Crippen LogP contribution in [0.1, 0.15) is 41.3 Å². The maximum absolute atomic E-state index is 13.2. The smallest absolute Gasteiger partial charge is 0.339 e. The molecule has 4 aromatic rings. The van der Waals surface area contributed by atoms with Gasteiger partial charge in [-0.05, 0) is 66.2 Å². The molecule has 0 atom stereocenters. The van der Waals surface area contributed by atoms with Crippen LogP contribution in [-0.4, -0.2) is 45.6 Å². The van der Waals surface area contributed by atoms with Crippen molar-refractivity contribution in [1.29, 1.82) is 0 Å². The van der Waals surface area contributed by atoms with Gasteiger partial charge in [0.1, 0.15) is 6.54 Å². The fraction of sp³-hybridized carbons (Fsp3) is 0.188. The van der Waals surface area contributed by atoms with Crippen molar-refractivity contribution in [2.75, 3.05) is 18.5 Å². The number of amides is 3. The zero-order valence-corrected chi connectivity index (χ0v) is 25.5. The fourth-order valence-electron chi connectivity index (χ4n) is 4.58. The summed E-state index contributed by atoms with van der Waals surface area (Å²) < 4.78 is 7.29. The molecule has 1 aliphatic rings. The van der Waals surface area contributed by atoms with Crippen LogP contribution in [0.2, 0.25) is 10.0 Å². The minimum Gasteiger partial charge on any atom is -0.462 e. The van der Waals surface area contributed by atoms with Crippen molar-refractivity contribution in [3.63, 3.8) is 0 Å². The summed E-state index contributed by atoms with van der Waals surface area (Å²) in [5, 5.41) is 3.85. The molecule has 3 amide bonds. The third-order valence-electron chi connectivity index (χ3n) is 6.75. The summed E-state index contributed by atoms with van der Waals surface area (Å²) in [6.45, 7) is 2.35. The van der Waals surface area contributed by atoms with Gasteiger partial charge in [0.2, 0.25) is 5.91 Å². The molecule has 0 unspecified atom stereocenters. The second kappa shape index (κ2) is 13.5. The quantitative estimate of drug-likeness (QED) is 0.109. The highest BCUT2D eigenvalue weighted by molar-refractivity contribution is 8.18. The summed E-state index contributed by atoms with van der Waals surface area (Å²) in [5.41, 5.74) is 3.20. The number of hydrogen-bond donors (Lipinski definition) is 1. The number of thioether (sulfide) groups is 1. The van der Waals surface area contributed by atoms with E-state index in [9.17, 15) is 19.2 Å². The molecule has 220 valence electrons. The number of hydrogen-bond acceptors (Lipinski definition) is 6. The monoisotopic (exact) mass is 635 g/mol. The van der Waals surface area contributed by atoms with Crippen molar-refractivity contribution in [3.8, 4) is 0 Å². The van der Waals surface area contributed by atoms with E-state index in [2.05, 4.69) is 9.88 Å². The molecule has 1 aliphatic heterocycles. The Bertz CT molecular complexity index is 1750. The lowest BCUT2D eigenvalue weighted by atomic mass is 10.1. The number of benzene rings is 3. The zero-order chi connectivity index (χ0) is 30.5. The lowest BCUT2D eigenvalue weighted by Gasteiger charge is -2.13. The fourth-order valence-corrected chi connectivity index (χ4v) is 5.73. The van der Waals surface area contributed by atoms with Crippen LogP contribution < -0.4 is 5.32 Å². The summed E-state index contributed by atoms with van der Waals surface area (Å²) in [6.07, 6.45) is 5.20. The molecule has 0 bridgehead atoms. The Morgan fingerprint density at radius 1 is 1.02 bits per heavy atom. The Morgan fingerprint density at radius 2 is 1.79 bits per heavy atom. The maximum Gasteiger partial charge on any atom is 0.339 e. The van der Waals surface area contributed by atoms with Gasteiger partial charge in [-0.25, -0.2) is 4.79 Å². The van der Waals surface area contributed by atoms with Crippen molar-refractivity contribution < 1.29 is 23.9 Å². The van der Waals surface area contributed by atoms with Gasteiger partial charge in [0.25, 0.3) is 11.1 Å². The highest BCUT2D eigenvalue weighted by atomic mass is 35.5. The zero-order valence-electron chi connectivity index (χ0n) is 23.1. The van der Waals surface area contributed by atoms with Crippen LogP contribution in [0.5, 0.6) is 0 Å². The van der Waals surface area contributed by atoms with Gasteiger partial charge in [-0.3, -0.25) is 19.3 Å². The summed E-state index contributed by atoms with van der Waals surface area (Å²) in [4.78, 5) is 52.3. The SMILES string of the molecule is CCCCOC(=O)c1cc(NC(=O)CN2C(=O)S/C(=C\c3cn(Cc4ccc(Cl)cc4)c4ccccc34)C2=O)ccc1Cl. The van der Waals surface area contributed by atoms with E-state index < -0.39 is 29.6 Å². The normalized spacial score (nSPS) is 14.1. The standard InChI is InChI=1S/C32H27Cl2N3O5S/c1-2-3-14-42-31(40)25-16-23(12-13-26(25)34)35-29(38)19-37-30(39)28(43-32(37)41)15-21-18-36(27-7-5-4-6-24(21)27)17-20-8-10-22(33)11-9-20/h4-13,15-16,18H,2-3,14,17,19H2,1H3,(H,35,38)/b28-15-. The number of carbonyl (C=O) groups is 4. The number of carbonyl (C=O) groups excluding carboxylic acids is 4. The number of halogens is 2. The molecule has 1 N–H and O–H groups in total. The van der Waals surface area contributed by atoms with Crippen molar-refractivity contribution in [3.05, 3.63) is 105 Å². The molecule has 0 saturated carbocycles. The number of anilines is 1. The predicted octanol–water partition coefficient (Wildman–Crippen LogP) is 7.63. The molecule has 2 heterocycles. The first-order valence-electron chi connectivity index (χ1n) is 13.6. The highest BCUT2D eigenvalue weighted by Crippen LogP contribution is 2.34. The van der Waals surface area contributed by atoms with Crippen molar-refractivity contribution in [2.45, 2.75) is 26.3 Å². The largest absolute Gasteiger partial charge is 0.462 e. The van der Waals surface area contributed by atoms with Gasteiger partial charge in [-0.1, -0.05) is 66.9 Å². The molecule has 0 radical (unpaired) electrons.